The number of hydrogen-bond acceptors (Lipinski definition) is 6. The average Bonchev–Trinajstić information content (AvgIpc) is 3.23. The number of fused-ring (bicyclic) bond motifs is 1. The zero-order valence-electron chi connectivity index (χ0n) is 14.1. The molecule has 1 heterocycles. The Labute approximate surface area is 145 Å². The molecule has 4 rings (SSSR count). The lowest BCUT2D eigenvalue weighted by Crippen LogP contribution is -2.36. The molecule has 3 aliphatic rings. The highest BCUT2D eigenvalue weighted by atomic mass is 16.6. The van der Waals surface area contributed by atoms with Crippen LogP contribution in [0.15, 0.2) is 24.3 Å². The zero-order valence-corrected chi connectivity index (χ0v) is 14.1. The Bertz CT molecular complexity index is 722. The van der Waals surface area contributed by atoms with Gasteiger partial charge in [-0.15, -0.1) is 0 Å². The number of carbonyl (C=O) groups excluding carboxylic acids is 3. The fourth-order valence-corrected chi connectivity index (χ4v) is 4.62. The summed E-state index contributed by atoms with van der Waals surface area (Å²) in [5.41, 5.74) is 0.453. The molecule has 132 valence electrons. The Morgan fingerprint density at radius 3 is 2.60 bits per heavy atom. The van der Waals surface area contributed by atoms with Gasteiger partial charge in [0.05, 0.1) is 18.9 Å². The van der Waals surface area contributed by atoms with E-state index in [1.165, 1.54) is 0 Å². The Hall–Kier alpha value is -2.37. The first-order valence-corrected chi connectivity index (χ1v) is 8.59. The third-order valence-corrected chi connectivity index (χ3v) is 5.79. The number of Topliss-reactive ketones (excluding diaryl/α,β-unsaturated/α-hetero) is 1. The van der Waals surface area contributed by atoms with Crippen LogP contribution in [0.2, 0.25) is 0 Å². The first-order valence-electron chi connectivity index (χ1n) is 8.59. The quantitative estimate of drug-likeness (QED) is 0.600. The minimum atomic E-state index is -0.895. The molecule has 1 aromatic carbocycles. The maximum absolute atomic E-state index is 12.6. The number of hydrogen-bond donors (Lipinski definition) is 0. The number of ether oxygens (including phenoxy) is 3. The van der Waals surface area contributed by atoms with Crippen molar-refractivity contribution in [2.75, 3.05) is 7.11 Å². The van der Waals surface area contributed by atoms with E-state index in [2.05, 4.69) is 0 Å². The number of ketones is 1. The number of rotatable bonds is 5. The molecule has 1 saturated heterocycles. The van der Waals surface area contributed by atoms with Crippen molar-refractivity contribution in [1.29, 1.82) is 0 Å². The molecule has 0 amide bonds. The topological polar surface area (TPSA) is 78.9 Å². The van der Waals surface area contributed by atoms with E-state index in [1.54, 1.807) is 38.3 Å². The van der Waals surface area contributed by atoms with E-state index in [9.17, 15) is 14.4 Å². The highest BCUT2D eigenvalue weighted by Crippen LogP contribution is 2.58. The van der Waals surface area contributed by atoms with Crippen LogP contribution in [-0.2, 0) is 19.1 Å². The minimum Gasteiger partial charge on any atom is -0.497 e. The number of methoxy groups -OCH3 is 1. The van der Waals surface area contributed by atoms with Gasteiger partial charge in [0.1, 0.15) is 11.9 Å². The molecule has 25 heavy (non-hydrogen) atoms. The van der Waals surface area contributed by atoms with Crippen LogP contribution in [0.25, 0.3) is 0 Å². The normalized spacial score (nSPS) is 33.0. The summed E-state index contributed by atoms with van der Waals surface area (Å²) in [6.45, 7) is 1.56. The van der Waals surface area contributed by atoms with E-state index in [0.29, 0.717) is 11.3 Å². The summed E-state index contributed by atoms with van der Waals surface area (Å²) in [6, 6.07) is 6.66. The second kappa shape index (κ2) is 5.86. The highest BCUT2D eigenvalue weighted by Gasteiger charge is 2.64. The number of esters is 2. The Morgan fingerprint density at radius 2 is 1.92 bits per heavy atom. The molecular formula is C19H20O6. The van der Waals surface area contributed by atoms with Gasteiger partial charge in [-0.05, 0) is 49.9 Å². The van der Waals surface area contributed by atoms with Gasteiger partial charge < -0.3 is 14.2 Å². The molecule has 1 aliphatic heterocycles. The van der Waals surface area contributed by atoms with Gasteiger partial charge in [0, 0.05) is 11.5 Å². The minimum absolute atomic E-state index is 0.0232. The van der Waals surface area contributed by atoms with Gasteiger partial charge in [-0.25, -0.2) is 0 Å². The second-order valence-corrected chi connectivity index (χ2v) is 7.09. The zero-order chi connectivity index (χ0) is 17.7. The SMILES string of the molecule is COc1ccc(C(=O)[C@@H](C)OC(=O)[C@H]2[C@@H]3C[C@H]4[C@@H]2C(=O)O[C@@H]4C3)cc1. The first-order chi connectivity index (χ1) is 12.0. The van der Waals surface area contributed by atoms with Crippen molar-refractivity contribution in [2.45, 2.75) is 32.0 Å². The summed E-state index contributed by atoms with van der Waals surface area (Å²) in [5.74, 6) is -0.953. The van der Waals surface area contributed by atoms with Crippen LogP contribution in [0.1, 0.15) is 30.1 Å². The third-order valence-electron chi connectivity index (χ3n) is 5.79. The Morgan fingerprint density at radius 1 is 1.20 bits per heavy atom. The molecule has 2 bridgehead atoms. The molecule has 3 fully saturated rings. The van der Waals surface area contributed by atoms with Crippen molar-refractivity contribution in [3.8, 4) is 5.75 Å². The summed E-state index contributed by atoms with van der Waals surface area (Å²) in [4.78, 5) is 37.1. The number of benzene rings is 1. The van der Waals surface area contributed by atoms with Crippen molar-refractivity contribution in [3.63, 3.8) is 0 Å². The smallest absolute Gasteiger partial charge is 0.310 e. The molecular weight excluding hydrogens is 324 g/mol. The third kappa shape index (κ3) is 2.51. The van der Waals surface area contributed by atoms with E-state index in [0.717, 1.165) is 12.8 Å². The van der Waals surface area contributed by atoms with Crippen molar-refractivity contribution in [1.82, 2.24) is 0 Å². The standard InChI is InChI=1S/C19H20O6/c1-9(17(20)10-3-5-12(23-2)6-4-10)24-18(21)15-11-7-13-14(8-11)25-19(22)16(13)15/h3-6,9,11,13-16H,7-8H2,1-2H3/t9-,11-,13-,14-,15+,16+/m1/s1. The van der Waals surface area contributed by atoms with Crippen LogP contribution in [0.3, 0.4) is 0 Å². The van der Waals surface area contributed by atoms with Crippen LogP contribution >= 0.6 is 0 Å². The van der Waals surface area contributed by atoms with Gasteiger partial charge in [-0.3, -0.25) is 14.4 Å². The van der Waals surface area contributed by atoms with Gasteiger partial charge in [0.2, 0.25) is 5.78 Å². The lowest BCUT2D eigenvalue weighted by molar-refractivity contribution is -0.157. The summed E-state index contributed by atoms with van der Waals surface area (Å²) < 4.78 is 15.8. The maximum Gasteiger partial charge on any atom is 0.310 e. The van der Waals surface area contributed by atoms with Gasteiger partial charge in [0.15, 0.2) is 6.10 Å². The van der Waals surface area contributed by atoms with Crippen LogP contribution < -0.4 is 4.74 Å². The largest absolute Gasteiger partial charge is 0.497 e. The molecule has 0 aromatic heterocycles. The molecule has 6 atom stereocenters. The molecule has 2 saturated carbocycles. The predicted molar refractivity (Wildman–Crippen MR) is 86.0 cm³/mol. The van der Waals surface area contributed by atoms with Crippen molar-refractivity contribution in [3.05, 3.63) is 29.8 Å². The molecule has 0 N–H and O–H groups in total. The van der Waals surface area contributed by atoms with E-state index < -0.39 is 18.0 Å². The number of carbonyl (C=O) groups is 3. The molecule has 0 radical (unpaired) electrons. The molecule has 6 heteroatoms. The summed E-state index contributed by atoms with van der Waals surface area (Å²) in [6.07, 6.45) is 0.646. The summed E-state index contributed by atoms with van der Waals surface area (Å²) in [5, 5.41) is 0. The van der Waals surface area contributed by atoms with Gasteiger partial charge in [-0.1, -0.05) is 0 Å². The van der Waals surface area contributed by atoms with E-state index in [4.69, 9.17) is 14.2 Å². The summed E-state index contributed by atoms with van der Waals surface area (Å²) >= 11 is 0. The van der Waals surface area contributed by atoms with Gasteiger partial charge >= 0.3 is 11.9 Å². The van der Waals surface area contributed by atoms with E-state index in [-0.39, 0.29) is 35.6 Å². The first kappa shape index (κ1) is 16.1. The van der Waals surface area contributed by atoms with Crippen LogP contribution in [0, 0.1) is 23.7 Å². The second-order valence-electron chi connectivity index (χ2n) is 7.09. The average molecular weight is 344 g/mol. The van der Waals surface area contributed by atoms with Crippen molar-refractivity contribution < 1.29 is 28.6 Å². The fraction of sp³-hybridized carbons (Fsp3) is 0.526. The van der Waals surface area contributed by atoms with Crippen LogP contribution in [-0.4, -0.2) is 37.0 Å². The lowest BCUT2D eigenvalue weighted by Gasteiger charge is -2.24. The lowest BCUT2D eigenvalue weighted by atomic mass is 9.80. The molecule has 6 nitrogen and oxygen atoms in total. The van der Waals surface area contributed by atoms with Crippen LogP contribution in [0.5, 0.6) is 5.75 Å². The Balaban J connectivity index is 1.43. The molecule has 2 aliphatic carbocycles. The fourth-order valence-electron chi connectivity index (χ4n) is 4.62. The van der Waals surface area contributed by atoms with E-state index >= 15 is 0 Å². The highest BCUT2D eigenvalue weighted by molar-refractivity contribution is 6.00. The molecule has 1 aromatic rings. The van der Waals surface area contributed by atoms with Crippen LogP contribution in [0.4, 0.5) is 0 Å². The van der Waals surface area contributed by atoms with Gasteiger partial charge in [-0.2, -0.15) is 0 Å². The van der Waals surface area contributed by atoms with Crippen molar-refractivity contribution >= 4 is 17.7 Å². The molecule has 0 spiro atoms. The Kier molecular flexibility index (Phi) is 3.78. The van der Waals surface area contributed by atoms with Crippen molar-refractivity contribution in [2.24, 2.45) is 23.7 Å². The maximum atomic E-state index is 12.6. The summed E-state index contributed by atoms with van der Waals surface area (Å²) in [7, 11) is 1.55. The monoisotopic (exact) mass is 344 g/mol. The molecule has 0 unspecified atom stereocenters. The predicted octanol–water partition coefficient (Wildman–Crippen LogP) is 2.01. The van der Waals surface area contributed by atoms with E-state index in [1.807, 2.05) is 0 Å². The van der Waals surface area contributed by atoms with Gasteiger partial charge in [0.25, 0.3) is 0 Å².